The van der Waals surface area contributed by atoms with Crippen LogP contribution in [0.1, 0.15) is 40.0 Å². The van der Waals surface area contributed by atoms with Crippen molar-refractivity contribution in [2.45, 2.75) is 57.5 Å². The standard InChI is InChI=1S/C10H22B2/c1-4-5-8(2)9-6-10(3,11)7-12-9/h8-9,12H,4-7,11H2,1-3H3. The highest BCUT2D eigenvalue weighted by Gasteiger charge is 2.33. The van der Waals surface area contributed by atoms with Crippen molar-refractivity contribution in [3.63, 3.8) is 0 Å². The molecule has 0 aromatic heterocycles. The fourth-order valence-electron chi connectivity index (χ4n) is 2.67. The van der Waals surface area contributed by atoms with E-state index in [0.717, 1.165) is 11.7 Å². The van der Waals surface area contributed by atoms with Crippen molar-refractivity contribution < 1.29 is 0 Å². The summed E-state index contributed by atoms with van der Waals surface area (Å²) in [5.74, 6) is 2.00. The van der Waals surface area contributed by atoms with Crippen molar-refractivity contribution in [2.24, 2.45) is 5.92 Å². The fourth-order valence-corrected chi connectivity index (χ4v) is 2.67. The van der Waals surface area contributed by atoms with Gasteiger partial charge in [-0.1, -0.05) is 57.5 Å². The third-order valence-corrected chi connectivity index (χ3v) is 3.56. The van der Waals surface area contributed by atoms with Crippen molar-refractivity contribution in [3.8, 4) is 0 Å². The van der Waals surface area contributed by atoms with Crippen LogP contribution < -0.4 is 0 Å². The van der Waals surface area contributed by atoms with Gasteiger partial charge in [-0.05, 0) is 5.92 Å². The van der Waals surface area contributed by atoms with Gasteiger partial charge in [-0.3, -0.25) is 0 Å². The van der Waals surface area contributed by atoms with E-state index in [4.69, 9.17) is 0 Å². The third-order valence-electron chi connectivity index (χ3n) is 3.56. The lowest BCUT2D eigenvalue weighted by Crippen LogP contribution is -2.07. The van der Waals surface area contributed by atoms with Gasteiger partial charge in [0, 0.05) is 0 Å². The summed E-state index contributed by atoms with van der Waals surface area (Å²) in [5.41, 5.74) is 0. The Morgan fingerprint density at radius 2 is 2.33 bits per heavy atom. The molecule has 1 aliphatic rings. The molecule has 1 fully saturated rings. The van der Waals surface area contributed by atoms with E-state index in [9.17, 15) is 0 Å². The van der Waals surface area contributed by atoms with Crippen molar-refractivity contribution >= 4 is 15.1 Å². The van der Waals surface area contributed by atoms with Crippen LogP contribution in [0, 0.1) is 5.92 Å². The van der Waals surface area contributed by atoms with Crippen molar-refractivity contribution in [1.82, 2.24) is 0 Å². The van der Waals surface area contributed by atoms with Gasteiger partial charge in [-0.15, -0.1) is 0 Å². The van der Waals surface area contributed by atoms with E-state index in [1.165, 1.54) is 32.9 Å². The maximum absolute atomic E-state index is 2.44. The third kappa shape index (κ3) is 2.57. The normalized spacial score (nSPS) is 37.8. The van der Waals surface area contributed by atoms with Gasteiger partial charge in [0.1, 0.15) is 15.1 Å². The van der Waals surface area contributed by atoms with Crippen molar-refractivity contribution in [2.75, 3.05) is 0 Å². The second kappa shape index (κ2) is 3.89. The minimum atomic E-state index is 0.646. The lowest BCUT2D eigenvalue weighted by Gasteiger charge is -2.22. The molecule has 68 valence electrons. The highest BCUT2D eigenvalue weighted by atomic mass is 14.3. The number of hydrogen-bond donors (Lipinski definition) is 0. The molecule has 2 heteroatoms. The summed E-state index contributed by atoms with van der Waals surface area (Å²) in [6.07, 6.45) is 5.71. The van der Waals surface area contributed by atoms with Gasteiger partial charge in [-0.2, -0.15) is 0 Å². The van der Waals surface area contributed by atoms with Gasteiger partial charge in [-0.25, -0.2) is 0 Å². The van der Waals surface area contributed by atoms with Gasteiger partial charge in [0.15, 0.2) is 0 Å². The summed E-state index contributed by atoms with van der Waals surface area (Å²) < 4.78 is 0. The largest absolute Gasteiger partial charge is 0.124 e. The molecular formula is C10H22B2. The molecule has 0 saturated carbocycles. The van der Waals surface area contributed by atoms with E-state index in [1.807, 2.05) is 0 Å². The molecule has 3 atom stereocenters. The Bertz CT molecular complexity index is 143. The number of hydrogen-bond acceptors (Lipinski definition) is 0. The average Bonchev–Trinajstić information content (AvgIpc) is 2.31. The van der Waals surface area contributed by atoms with E-state index in [2.05, 4.69) is 28.6 Å². The minimum Gasteiger partial charge on any atom is -0.0790 e. The van der Waals surface area contributed by atoms with Crippen molar-refractivity contribution in [3.05, 3.63) is 0 Å². The predicted octanol–water partition coefficient (Wildman–Crippen LogP) is 2.28. The second-order valence-corrected chi connectivity index (χ2v) is 5.43. The summed E-state index contributed by atoms with van der Waals surface area (Å²) in [5, 5.41) is 0.646. The van der Waals surface area contributed by atoms with Crippen LogP contribution >= 0.6 is 0 Å². The topological polar surface area (TPSA) is 0 Å². The van der Waals surface area contributed by atoms with Crippen molar-refractivity contribution in [1.29, 1.82) is 0 Å². The lowest BCUT2D eigenvalue weighted by atomic mass is 9.60. The molecule has 3 unspecified atom stereocenters. The zero-order valence-corrected chi connectivity index (χ0v) is 9.19. The van der Waals surface area contributed by atoms with Crippen LogP contribution in [0.5, 0.6) is 0 Å². The van der Waals surface area contributed by atoms with E-state index in [0.29, 0.717) is 5.31 Å². The molecule has 0 spiro atoms. The zero-order chi connectivity index (χ0) is 9.19. The molecule has 1 rings (SSSR count). The predicted molar refractivity (Wildman–Crippen MR) is 61.3 cm³/mol. The summed E-state index contributed by atoms with van der Waals surface area (Å²) in [7, 11) is 3.90. The van der Waals surface area contributed by atoms with Crippen LogP contribution in [0.2, 0.25) is 17.5 Å². The van der Waals surface area contributed by atoms with E-state index in [-0.39, 0.29) is 0 Å². The Morgan fingerprint density at radius 3 is 2.75 bits per heavy atom. The molecular weight excluding hydrogens is 142 g/mol. The summed E-state index contributed by atoms with van der Waals surface area (Å²) in [6.45, 7) is 7.16. The maximum atomic E-state index is 2.44. The van der Waals surface area contributed by atoms with E-state index >= 15 is 0 Å². The van der Waals surface area contributed by atoms with Gasteiger partial charge >= 0.3 is 0 Å². The smallest absolute Gasteiger partial charge is 0.0790 e. The Balaban J connectivity index is 2.36. The zero-order valence-electron chi connectivity index (χ0n) is 9.19. The van der Waals surface area contributed by atoms with E-state index in [1.54, 1.807) is 0 Å². The highest BCUT2D eigenvalue weighted by molar-refractivity contribution is 6.42. The molecule has 12 heavy (non-hydrogen) atoms. The average molecular weight is 164 g/mol. The molecule has 0 nitrogen and oxygen atoms in total. The Kier molecular flexibility index (Phi) is 3.31. The summed E-state index contributed by atoms with van der Waals surface area (Å²) >= 11 is 0. The first kappa shape index (κ1) is 10.2. The van der Waals surface area contributed by atoms with Crippen LogP contribution in [-0.2, 0) is 0 Å². The van der Waals surface area contributed by atoms with Crippen LogP contribution in [0.4, 0.5) is 0 Å². The van der Waals surface area contributed by atoms with Gasteiger partial charge in [0.2, 0.25) is 0 Å². The SMILES string of the molecule is BC1(C)CBC(C(C)CCC)C1. The fraction of sp³-hybridized carbons (Fsp3) is 1.00. The van der Waals surface area contributed by atoms with Crippen LogP contribution in [0.25, 0.3) is 0 Å². The number of rotatable bonds is 3. The highest BCUT2D eigenvalue weighted by Crippen LogP contribution is 2.47. The monoisotopic (exact) mass is 164 g/mol. The summed E-state index contributed by atoms with van der Waals surface area (Å²) in [6, 6.07) is 0. The summed E-state index contributed by atoms with van der Waals surface area (Å²) in [4.78, 5) is 0. The van der Waals surface area contributed by atoms with Crippen LogP contribution in [0.15, 0.2) is 0 Å². The first-order valence-corrected chi connectivity index (χ1v) is 5.55. The first-order valence-electron chi connectivity index (χ1n) is 5.55. The lowest BCUT2D eigenvalue weighted by molar-refractivity contribution is 0.455. The van der Waals surface area contributed by atoms with Crippen LogP contribution in [0.3, 0.4) is 0 Å². The molecule has 1 saturated heterocycles. The van der Waals surface area contributed by atoms with Crippen LogP contribution in [-0.4, -0.2) is 15.1 Å². The molecule has 0 aromatic rings. The molecule has 0 aliphatic carbocycles. The van der Waals surface area contributed by atoms with Gasteiger partial charge < -0.3 is 0 Å². The van der Waals surface area contributed by atoms with E-state index < -0.39 is 0 Å². The minimum absolute atomic E-state index is 0.646. The Hall–Kier alpha value is 0.130. The molecule has 0 bridgehead atoms. The molecule has 0 radical (unpaired) electrons. The Labute approximate surface area is 79.2 Å². The Morgan fingerprint density at radius 1 is 1.67 bits per heavy atom. The molecule has 0 aromatic carbocycles. The molecule has 1 aliphatic heterocycles. The maximum Gasteiger partial charge on any atom is 0.124 e. The quantitative estimate of drug-likeness (QED) is 0.561. The first-order chi connectivity index (χ1) is 5.55. The second-order valence-electron chi connectivity index (χ2n) is 5.43. The molecule has 0 N–H and O–H groups in total. The molecule has 1 heterocycles. The van der Waals surface area contributed by atoms with Gasteiger partial charge in [0.25, 0.3) is 0 Å². The molecule has 0 amide bonds. The van der Waals surface area contributed by atoms with Gasteiger partial charge in [0.05, 0.1) is 0 Å².